The average Bonchev–Trinajstić information content (AvgIpc) is 3.33. The molecule has 1 aliphatic carbocycles. The highest BCUT2D eigenvalue weighted by Gasteiger charge is 2.40. The number of likely N-dealkylation sites (N-methyl/N-ethyl adjacent to an activating group) is 1. The van der Waals surface area contributed by atoms with Gasteiger partial charge in [-0.1, -0.05) is 18.2 Å². The van der Waals surface area contributed by atoms with Gasteiger partial charge < -0.3 is 14.7 Å². The summed E-state index contributed by atoms with van der Waals surface area (Å²) in [6.07, 6.45) is 3.56. The van der Waals surface area contributed by atoms with E-state index in [-0.39, 0.29) is 30.2 Å². The third kappa shape index (κ3) is 3.24. The van der Waals surface area contributed by atoms with E-state index < -0.39 is 0 Å². The molecule has 7 heteroatoms. The lowest BCUT2D eigenvalue weighted by Crippen LogP contribution is -2.61. The maximum absolute atomic E-state index is 13.0. The first kappa shape index (κ1) is 18.1. The van der Waals surface area contributed by atoms with Gasteiger partial charge in [0.05, 0.1) is 17.7 Å². The minimum Gasteiger partial charge on any atom is -0.351 e. The molecule has 29 heavy (non-hydrogen) atoms. The SMILES string of the molecule is CN(C(=O)C1CC(=O)N(c2ccccc2)C1)C1CN(c2cc3c(nn2)CCC3)C1. The van der Waals surface area contributed by atoms with Crippen LogP contribution in [0.3, 0.4) is 0 Å². The van der Waals surface area contributed by atoms with Crippen molar-refractivity contribution in [1.82, 2.24) is 15.1 Å². The summed E-state index contributed by atoms with van der Waals surface area (Å²) in [5, 5.41) is 8.72. The van der Waals surface area contributed by atoms with E-state index in [1.54, 1.807) is 4.90 Å². The number of rotatable bonds is 4. The Hall–Kier alpha value is -2.96. The van der Waals surface area contributed by atoms with E-state index in [1.165, 1.54) is 5.56 Å². The minimum absolute atomic E-state index is 0.0200. The van der Waals surface area contributed by atoms with Crippen molar-refractivity contribution in [3.63, 3.8) is 0 Å². The molecule has 0 radical (unpaired) electrons. The van der Waals surface area contributed by atoms with Gasteiger partial charge >= 0.3 is 0 Å². The van der Waals surface area contributed by atoms with E-state index in [4.69, 9.17) is 0 Å². The fourth-order valence-electron chi connectivity index (χ4n) is 4.56. The molecule has 0 saturated carbocycles. The predicted molar refractivity (Wildman–Crippen MR) is 110 cm³/mol. The molecule has 2 aromatic rings. The molecule has 1 aromatic carbocycles. The third-order valence-corrected chi connectivity index (χ3v) is 6.43. The Morgan fingerprint density at radius 2 is 1.90 bits per heavy atom. The molecule has 1 atom stereocenters. The maximum Gasteiger partial charge on any atom is 0.228 e. The van der Waals surface area contributed by atoms with Gasteiger partial charge in [0.15, 0.2) is 5.82 Å². The lowest BCUT2D eigenvalue weighted by Gasteiger charge is -2.45. The molecule has 1 unspecified atom stereocenters. The van der Waals surface area contributed by atoms with E-state index in [1.807, 2.05) is 42.3 Å². The molecule has 7 nitrogen and oxygen atoms in total. The number of aromatic nitrogens is 2. The van der Waals surface area contributed by atoms with Crippen molar-refractivity contribution < 1.29 is 9.59 Å². The van der Waals surface area contributed by atoms with Crippen LogP contribution in [-0.4, -0.2) is 59.6 Å². The molecule has 2 amide bonds. The van der Waals surface area contributed by atoms with Crippen molar-refractivity contribution >= 4 is 23.3 Å². The van der Waals surface area contributed by atoms with E-state index >= 15 is 0 Å². The number of hydrogen-bond acceptors (Lipinski definition) is 5. The van der Waals surface area contributed by atoms with Crippen LogP contribution in [0.2, 0.25) is 0 Å². The molecule has 0 spiro atoms. The van der Waals surface area contributed by atoms with Crippen molar-refractivity contribution in [2.24, 2.45) is 5.92 Å². The Labute approximate surface area is 170 Å². The molecule has 0 bridgehead atoms. The number of para-hydroxylation sites is 1. The maximum atomic E-state index is 13.0. The largest absolute Gasteiger partial charge is 0.351 e. The van der Waals surface area contributed by atoms with E-state index in [0.717, 1.165) is 49.6 Å². The van der Waals surface area contributed by atoms with Crippen LogP contribution < -0.4 is 9.80 Å². The van der Waals surface area contributed by atoms with Crippen molar-refractivity contribution in [2.75, 3.05) is 36.5 Å². The minimum atomic E-state index is -0.276. The zero-order chi connectivity index (χ0) is 20.0. The standard InChI is InChI=1S/C22H25N5O2/c1-25(18-13-26(14-18)20-10-15-6-5-9-19(15)23-24-20)22(29)16-11-21(28)27(12-16)17-7-3-2-4-8-17/h2-4,7-8,10,16,18H,5-6,9,11-14H2,1H3. The van der Waals surface area contributed by atoms with Crippen LogP contribution in [-0.2, 0) is 22.4 Å². The summed E-state index contributed by atoms with van der Waals surface area (Å²) in [5.74, 6) is 0.712. The van der Waals surface area contributed by atoms with Crippen molar-refractivity contribution in [2.45, 2.75) is 31.7 Å². The van der Waals surface area contributed by atoms with Crippen LogP contribution in [0.5, 0.6) is 0 Å². The second kappa shape index (κ2) is 7.13. The number of amides is 2. The monoisotopic (exact) mass is 391 g/mol. The number of fused-ring (bicyclic) bond motifs is 1. The summed E-state index contributed by atoms with van der Waals surface area (Å²) >= 11 is 0. The number of nitrogens with zero attached hydrogens (tertiary/aromatic N) is 5. The number of carbonyl (C=O) groups is 2. The van der Waals surface area contributed by atoms with Gasteiger partial charge in [-0.2, -0.15) is 5.10 Å². The summed E-state index contributed by atoms with van der Waals surface area (Å²) in [6.45, 7) is 1.98. The molecule has 2 fully saturated rings. The molecule has 0 N–H and O–H groups in total. The molecule has 3 heterocycles. The van der Waals surface area contributed by atoms with Gasteiger partial charge in [-0.15, -0.1) is 5.10 Å². The van der Waals surface area contributed by atoms with Gasteiger partial charge in [0, 0.05) is 38.8 Å². The second-order valence-corrected chi connectivity index (χ2v) is 8.28. The van der Waals surface area contributed by atoms with E-state index in [0.29, 0.717) is 6.54 Å². The summed E-state index contributed by atoms with van der Waals surface area (Å²) < 4.78 is 0. The second-order valence-electron chi connectivity index (χ2n) is 8.28. The van der Waals surface area contributed by atoms with Gasteiger partial charge in [0.1, 0.15) is 0 Å². The van der Waals surface area contributed by atoms with Gasteiger partial charge in [0.2, 0.25) is 11.8 Å². The lowest BCUT2D eigenvalue weighted by atomic mass is 10.0. The van der Waals surface area contributed by atoms with Gasteiger partial charge in [0.25, 0.3) is 0 Å². The smallest absolute Gasteiger partial charge is 0.228 e. The van der Waals surface area contributed by atoms with Crippen LogP contribution >= 0.6 is 0 Å². The fourth-order valence-corrected chi connectivity index (χ4v) is 4.56. The zero-order valence-corrected chi connectivity index (χ0v) is 16.6. The van der Waals surface area contributed by atoms with Crippen LogP contribution in [0.15, 0.2) is 36.4 Å². The number of aryl methyl sites for hydroxylation is 2. The Balaban J connectivity index is 1.19. The first-order valence-corrected chi connectivity index (χ1v) is 10.3. The summed E-state index contributed by atoms with van der Waals surface area (Å²) in [7, 11) is 1.86. The van der Waals surface area contributed by atoms with Gasteiger partial charge in [-0.3, -0.25) is 9.59 Å². The van der Waals surface area contributed by atoms with Crippen LogP contribution in [0.4, 0.5) is 11.5 Å². The highest BCUT2D eigenvalue weighted by Crippen LogP contribution is 2.29. The Bertz CT molecular complexity index is 941. The normalized spacial score (nSPS) is 21.3. The summed E-state index contributed by atoms with van der Waals surface area (Å²) in [5.41, 5.74) is 3.31. The number of carbonyl (C=O) groups excluding carboxylic acids is 2. The quantitative estimate of drug-likeness (QED) is 0.793. The molecule has 150 valence electrons. The molecule has 2 saturated heterocycles. The average molecular weight is 391 g/mol. The number of benzene rings is 1. The van der Waals surface area contributed by atoms with E-state index in [2.05, 4.69) is 21.2 Å². The third-order valence-electron chi connectivity index (χ3n) is 6.43. The first-order chi connectivity index (χ1) is 14.1. The Morgan fingerprint density at radius 1 is 1.10 bits per heavy atom. The zero-order valence-electron chi connectivity index (χ0n) is 16.6. The van der Waals surface area contributed by atoms with Crippen molar-refractivity contribution in [1.29, 1.82) is 0 Å². The molecule has 5 rings (SSSR count). The van der Waals surface area contributed by atoms with Crippen molar-refractivity contribution in [3.8, 4) is 0 Å². The lowest BCUT2D eigenvalue weighted by molar-refractivity contribution is -0.137. The molecular formula is C22H25N5O2. The highest BCUT2D eigenvalue weighted by molar-refractivity contribution is 6.00. The molecule has 2 aliphatic heterocycles. The van der Waals surface area contributed by atoms with Gasteiger partial charge in [-0.05, 0) is 43.0 Å². The first-order valence-electron chi connectivity index (χ1n) is 10.3. The summed E-state index contributed by atoms with van der Waals surface area (Å²) in [6, 6.07) is 11.9. The predicted octanol–water partition coefficient (Wildman–Crippen LogP) is 1.67. The highest BCUT2D eigenvalue weighted by atomic mass is 16.2. The molecule has 3 aliphatic rings. The Kier molecular flexibility index (Phi) is 4.45. The van der Waals surface area contributed by atoms with Crippen molar-refractivity contribution in [3.05, 3.63) is 47.7 Å². The van der Waals surface area contributed by atoms with E-state index in [9.17, 15) is 9.59 Å². The fraction of sp³-hybridized carbons (Fsp3) is 0.455. The number of hydrogen-bond donors (Lipinski definition) is 0. The van der Waals surface area contributed by atoms with Crippen LogP contribution in [0.1, 0.15) is 24.1 Å². The van der Waals surface area contributed by atoms with Crippen LogP contribution in [0, 0.1) is 5.92 Å². The topological polar surface area (TPSA) is 69.6 Å². The van der Waals surface area contributed by atoms with Crippen LogP contribution in [0.25, 0.3) is 0 Å². The molecule has 1 aromatic heterocycles. The number of anilines is 2. The van der Waals surface area contributed by atoms with Gasteiger partial charge in [-0.25, -0.2) is 0 Å². The molecular weight excluding hydrogens is 366 g/mol. The Morgan fingerprint density at radius 3 is 2.69 bits per heavy atom. The summed E-state index contributed by atoms with van der Waals surface area (Å²) in [4.78, 5) is 31.2.